The second-order valence-corrected chi connectivity index (χ2v) is 17.0. The molecule has 9 aromatic carbocycles. The van der Waals surface area contributed by atoms with Gasteiger partial charge >= 0.3 is 0 Å². The summed E-state index contributed by atoms with van der Waals surface area (Å²) < 4.78 is 7.56. The van der Waals surface area contributed by atoms with Crippen molar-refractivity contribution in [2.75, 3.05) is 4.90 Å². The average molecular weight is 775 g/mol. The van der Waals surface area contributed by atoms with Gasteiger partial charge in [-0.1, -0.05) is 152 Å². The number of hydrogen-bond donors (Lipinski definition) is 0. The van der Waals surface area contributed by atoms with E-state index >= 15 is 0 Å². The van der Waals surface area contributed by atoms with E-state index in [2.05, 4.69) is 216 Å². The van der Waals surface area contributed by atoms with Crippen molar-refractivity contribution in [1.82, 2.24) is 4.57 Å². The number of nitrogens with zero attached hydrogens (tertiary/aromatic N) is 2. The van der Waals surface area contributed by atoms with Crippen LogP contribution in [0.2, 0.25) is 0 Å². The number of aromatic nitrogens is 1. The van der Waals surface area contributed by atoms with Crippen LogP contribution in [0.1, 0.15) is 0 Å². The predicted octanol–water partition coefficient (Wildman–Crippen LogP) is 16.3. The van der Waals surface area contributed by atoms with Gasteiger partial charge in [0.25, 0.3) is 0 Å². The van der Waals surface area contributed by atoms with Crippen molar-refractivity contribution < 1.29 is 0 Å². The molecule has 58 heavy (non-hydrogen) atoms. The highest BCUT2D eigenvalue weighted by Crippen LogP contribution is 2.51. The summed E-state index contributed by atoms with van der Waals surface area (Å²) in [6.07, 6.45) is 0. The Labute approximate surface area is 343 Å². The maximum absolute atomic E-state index is 2.53. The van der Waals surface area contributed by atoms with E-state index in [1.165, 1.54) is 90.1 Å². The molecule has 0 N–H and O–H groups in total. The first-order chi connectivity index (χ1) is 28.8. The summed E-state index contributed by atoms with van der Waals surface area (Å²) >= 11 is 3.78. The van der Waals surface area contributed by atoms with E-state index < -0.39 is 0 Å². The average Bonchev–Trinajstić information content (AvgIpc) is 3.97. The van der Waals surface area contributed by atoms with Crippen molar-refractivity contribution in [3.63, 3.8) is 0 Å². The normalized spacial score (nSPS) is 11.8. The minimum Gasteiger partial charge on any atom is -0.309 e. The van der Waals surface area contributed by atoms with E-state index in [-0.39, 0.29) is 0 Å². The molecule has 12 aromatic rings. The quantitative estimate of drug-likeness (QED) is 0.163. The summed E-state index contributed by atoms with van der Waals surface area (Å²) in [6, 6.07) is 75.6. The Balaban J connectivity index is 1.17. The van der Waals surface area contributed by atoms with Gasteiger partial charge in [0.15, 0.2) is 0 Å². The number of rotatable bonds is 6. The van der Waals surface area contributed by atoms with Gasteiger partial charge in [-0.05, 0) is 76.9 Å². The molecule has 0 saturated carbocycles. The van der Waals surface area contributed by atoms with Crippen LogP contribution >= 0.6 is 22.7 Å². The largest absolute Gasteiger partial charge is 0.309 e. The van der Waals surface area contributed by atoms with Crippen molar-refractivity contribution in [1.29, 1.82) is 0 Å². The number of para-hydroxylation sites is 2. The first-order valence-corrected chi connectivity index (χ1v) is 21.3. The monoisotopic (exact) mass is 774 g/mol. The van der Waals surface area contributed by atoms with E-state index in [9.17, 15) is 0 Å². The van der Waals surface area contributed by atoms with Crippen molar-refractivity contribution in [2.24, 2.45) is 0 Å². The van der Waals surface area contributed by atoms with Gasteiger partial charge in [0, 0.05) is 57.8 Å². The van der Waals surface area contributed by atoms with E-state index in [1.807, 2.05) is 22.7 Å². The second kappa shape index (κ2) is 13.3. The molecular weight excluding hydrogens is 741 g/mol. The molecule has 3 aromatic heterocycles. The Morgan fingerprint density at radius 1 is 0.362 bits per heavy atom. The minimum atomic E-state index is 1.11. The van der Waals surface area contributed by atoms with Crippen LogP contribution in [0.4, 0.5) is 17.1 Å². The zero-order chi connectivity index (χ0) is 38.2. The molecule has 3 heterocycles. The zero-order valence-corrected chi connectivity index (χ0v) is 33.0. The summed E-state index contributed by atoms with van der Waals surface area (Å²) in [7, 11) is 0. The van der Waals surface area contributed by atoms with E-state index in [0.717, 1.165) is 17.1 Å². The third-order valence-corrected chi connectivity index (χ3v) is 14.0. The summed E-state index contributed by atoms with van der Waals surface area (Å²) in [5.41, 5.74) is 11.9. The zero-order valence-electron chi connectivity index (χ0n) is 31.3. The van der Waals surface area contributed by atoms with Gasteiger partial charge < -0.3 is 9.47 Å². The van der Waals surface area contributed by atoms with Gasteiger partial charge in [-0.3, -0.25) is 0 Å². The summed E-state index contributed by atoms with van der Waals surface area (Å²) in [5.74, 6) is 0. The summed E-state index contributed by atoms with van der Waals surface area (Å²) in [4.78, 5) is 2.53. The highest BCUT2D eigenvalue weighted by atomic mass is 32.1. The van der Waals surface area contributed by atoms with Gasteiger partial charge in [0.05, 0.1) is 27.1 Å². The molecule has 0 spiro atoms. The molecular formula is C54H34N2S2. The van der Waals surface area contributed by atoms with E-state index in [1.54, 1.807) is 0 Å². The third kappa shape index (κ3) is 5.16. The molecule has 0 fully saturated rings. The summed E-state index contributed by atoms with van der Waals surface area (Å²) in [6.45, 7) is 0. The molecule has 0 atom stereocenters. The molecule has 0 unspecified atom stereocenters. The third-order valence-electron chi connectivity index (χ3n) is 11.6. The van der Waals surface area contributed by atoms with Crippen LogP contribution in [0.5, 0.6) is 0 Å². The van der Waals surface area contributed by atoms with Gasteiger partial charge in [0.2, 0.25) is 0 Å². The maximum Gasteiger partial charge on any atom is 0.0640 e. The lowest BCUT2D eigenvalue weighted by Crippen LogP contribution is -2.11. The lowest BCUT2D eigenvalue weighted by atomic mass is 9.98. The van der Waals surface area contributed by atoms with Crippen LogP contribution in [-0.2, 0) is 0 Å². The molecule has 0 radical (unpaired) electrons. The van der Waals surface area contributed by atoms with E-state index in [0.29, 0.717) is 0 Å². The van der Waals surface area contributed by atoms with Gasteiger partial charge in [-0.2, -0.15) is 0 Å². The highest BCUT2D eigenvalue weighted by molar-refractivity contribution is 7.27. The molecule has 2 nitrogen and oxygen atoms in total. The molecule has 12 rings (SSSR count). The fourth-order valence-corrected chi connectivity index (χ4v) is 11.5. The van der Waals surface area contributed by atoms with Crippen LogP contribution in [0.25, 0.3) is 90.1 Å². The van der Waals surface area contributed by atoms with Crippen molar-refractivity contribution in [3.8, 4) is 27.9 Å². The fourth-order valence-electron chi connectivity index (χ4n) is 8.99. The first-order valence-electron chi connectivity index (χ1n) is 19.7. The number of hydrogen-bond acceptors (Lipinski definition) is 3. The van der Waals surface area contributed by atoms with Crippen molar-refractivity contribution in [3.05, 3.63) is 206 Å². The Bertz CT molecular complexity index is 3470. The Kier molecular flexibility index (Phi) is 7.62. The van der Waals surface area contributed by atoms with Crippen LogP contribution in [0.15, 0.2) is 206 Å². The highest BCUT2D eigenvalue weighted by Gasteiger charge is 2.24. The molecule has 0 bridgehead atoms. The maximum atomic E-state index is 2.53. The molecule has 4 heteroatoms. The smallest absolute Gasteiger partial charge is 0.0640 e. The molecule has 0 amide bonds. The van der Waals surface area contributed by atoms with Gasteiger partial charge in [-0.25, -0.2) is 0 Å². The number of fused-ring (bicyclic) bond motifs is 9. The second-order valence-electron chi connectivity index (χ2n) is 14.9. The number of benzene rings is 9. The van der Waals surface area contributed by atoms with Crippen molar-refractivity contribution in [2.45, 2.75) is 0 Å². The Morgan fingerprint density at radius 2 is 1.00 bits per heavy atom. The van der Waals surface area contributed by atoms with Gasteiger partial charge in [-0.15, -0.1) is 22.7 Å². The SMILES string of the molecule is c1ccc(-c2ccc3c(c2)sc2c(-c4ccccc4)ccc(N(c4cccc(-n5c6ccccc6c6ccccc65)c4)c4cccc5c4sc4ccccc45)c23)cc1. The van der Waals surface area contributed by atoms with E-state index in [4.69, 9.17) is 0 Å². The van der Waals surface area contributed by atoms with Crippen LogP contribution in [0, 0.1) is 0 Å². The molecule has 0 aliphatic rings. The van der Waals surface area contributed by atoms with Gasteiger partial charge in [0.1, 0.15) is 0 Å². The molecule has 0 aliphatic heterocycles. The van der Waals surface area contributed by atoms with Crippen LogP contribution in [-0.4, -0.2) is 4.57 Å². The molecule has 0 aliphatic carbocycles. The van der Waals surface area contributed by atoms with Crippen LogP contribution in [0.3, 0.4) is 0 Å². The predicted molar refractivity (Wildman–Crippen MR) is 252 cm³/mol. The summed E-state index contributed by atoms with van der Waals surface area (Å²) in [5, 5.41) is 7.62. The van der Waals surface area contributed by atoms with Crippen LogP contribution < -0.4 is 4.90 Å². The fraction of sp³-hybridized carbons (Fsp3) is 0. The first kappa shape index (κ1) is 33.2. The number of thiophene rings is 2. The van der Waals surface area contributed by atoms with Crippen molar-refractivity contribution >= 4 is 102 Å². The Hall–Kier alpha value is -6.98. The minimum absolute atomic E-state index is 1.11. The molecule has 0 saturated heterocycles. The standard InChI is InChI=1S/C54H34N2S2/c1-3-15-35(16-4-1)37-29-30-45-51(33-37)58-54-40(36-17-5-2-6-18-36)31-32-48(52(45)54)56(49-27-14-24-44-43-23-9-12-28-50(43)57-53(44)49)39-20-13-19-38(34-39)55-46-25-10-7-21-41(46)42-22-8-11-26-47(42)55/h1-34H. The number of anilines is 3. The molecule has 272 valence electrons. The topological polar surface area (TPSA) is 8.17 Å². The Morgan fingerprint density at radius 3 is 1.78 bits per heavy atom. The lowest BCUT2D eigenvalue weighted by Gasteiger charge is -2.28. The lowest BCUT2D eigenvalue weighted by molar-refractivity contribution is 1.17.